The molecule has 3 rings (SSSR count). The average molecular weight is 389 g/mol. The highest BCUT2D eigenvalue weighted by Gasteiger charge is 2.43. The van der Waals surface area contributed by atoms with Crippen LogP contribution in [0.4, 0.5) is 0 Å². The van der Waals surface area contributed by atoms with Gasteiger partial charge in [0.25, 0.3) is 5.91 Å². The molecule has 2 N–H and O–H groups in total. The first kappa shape index (κ1) is 20.5. The number of carbonyl (C=O) groups excluding carboxylic acids is 1. The molecule has 152 valence electrons. The first-order chi connectivity index (χ1) is 13.6. The van der Waals surface area contributed by atoms with Gasteiger partial charge in [0.05, 0.1) is 32.0 Å². The van der Waals surface area contributed by atoms with Crippen LogP contribution in [0.1, 0.15) is 28.7 Å². The Bertz CT molecular complexity index is 766. The zero-order valence-electron chi connectivity index (χ0n) is 16.3. The van der Waals surface area contributed by atoms with E-state index in [2.05, 4.69) is 34.4 Å². The molecule has 2 aromatic rings. The Morgan fingerprint density at radius 3 is 2.93 bits per heavy atom. The van der Waals surface area contributed by atoms with Gasteiger partial charge in [0.15, 0.2) is 0 Å². The maximum atomic E-state index is 12.5. The van der Waals surface area contributed by atoms with E-state index in [1.54, 1.807) is 13.2 Å². The summed E-state index contributed by atoms with van der Waals surface area (Å²) in [5, 5.41) is 16.9. The van der Waals surface area contributed by atoms with Gasteiger partial charge >= 0.3 is 0 Å². The van der Waals surface area contributed by atoms with Crippen LogP contribution in [-0.4, -0.2) is 66.1 Å². The Hall–Kier alpha value is -2.26. The maximum absolute atomic E-state index is 12.5. The van der Waals surface area contributed by atoms with Gasteiger partial charge in [-0.2, -0.15) is 0 Å². The number of rotatable bonds is 8. The fourth-order valence-electron chi connectivity index (χ4n) is 3.48. The first-order valence-electron chi connectivity index (χ1n) is 9.30. The molecule has 0 saturated carbocycles. The Morgan fingerprint density at radius 2 is 2.21 bits per heavy atom. The fraction of sp³-hybridized carbons (Fsp3) is 0.500. The predicted molar refractivity (Wildman–Crippen MR) is 102 cm³/mol. The number of aliphatic hydroxyl groups excluding tert-OH is 1. The number of hydrogen-bond acceptors (Lipinski definition) is 7. The second-order valence-corrected chi connectivity index (χ2v) is 7.16. The van der Waals surface area contributed by atoms with Crippen molar-refractivity contribution in [2.45, 2.75) is 31.7 Å². The minimum atomic E-state index is -0.724. The first-order valence-corrected chi connectivity index (χ1v) is 9.30. The number of nitrogens with zero attached hydrogens (tertiary/aromatic N) is 2. The molecule has 1 aliphatic heterocycles. The van der Waals surface area contributed by atoms with Crippen molar-refractivity contribution >= 4 is 5.91 Å². The Morgan fingerprint density at radius 1 is 1.43 bits per heavy atom. The lowest BCUT2D eigenvalue weighted by atomic mass is 9.94. The van der Waals surface area contributed by atoms with Crippen molar-refractivity contribution in [3.63, 3.8) is 0 Å². The topological polar surface area (TPSA) is 97.1 Å². The second-order valence-electron chi connectivity index (χ2n) is 7.16. The highest BCUT2D eigenvalue weighted by molar-refractivity contribution is 5.91. The van der Waals surface area contributed by atoms with Gasteiger partial charge < -0.3 is 24.4 Å². The van der Waals surface area contributed by atoms with E-state index in [4.69, 9.17) is 14.0 Å². The molecule has 1 aromatic carbocycles. The van der Waals surface area contributed by atoms with Gasteiger partial charge in [-0.15, -0.1) is 0 Å². The van der Waals surface area contributed by atoms with Crippen LogP contribution in [0.3, 0.4) is 0 Å². The summed E-state index contributed by atoms with van der Waals surface area (Å²) in [5.41, 5.74) is 0.961. The van der Waals surface area contributed by atoms with Crippen LogP contribution < -0.4 is 5.32 Å². The molecule has 8 heteroatoms. The number of amides is 1. The molecule has 8 nitrogen and oxygen atoms in total. The number of ether oxygens (including phenoxy) is 2. The van der Waals surface area contributed by atoms with E-state index in [1.165, 1.54) is 0 Å². The smallest absolute Gasteiger partial charge is 0.289 e. The number of hydrogen-bond donors (Lipinski definition) is 2. The molecule has 1 aliphatic rings. The molecule has 2 atom stereocenters. The molecule has 0 unspecified atom stereocenters. The number of carbonyl (C=O) groups is 1. The summed E-state index contributed by atoms with van der Waals surface area (Å²) >= 11 is 0. The maximum Gasteiger partial charge on any atom is 0.289 e. The van der Waals surface area contributed by atoms with E-state index in [0.29, 0.717) is 25.5 Å². The summed E-state index contributed by atoms with van der Waals surface area (Å²) in [6, 6.07) is 11.7. The predicted octanol–water partition coefficient (Wildman–Crippen LogP) is 1.20. The number of nitrogens with one attached hydrogen (secondary N) is 1. The molecule has 0 spiro atoms. The van der Waals surface area contributed by atoms with Crippen LogP contribution in [0.5, 0.6) is 0 Å². The third-order valence-corrected chi connectivity index (χ3v) is 5.01. The Kier molecular flexibility index (Phi) is 6.79. The van der Waals surface area contributed by atoms with Crippen LogP contribution in [0.25, 0.3) is 0 Å². The van der Waals surface area contributed by atoms with Crippen LogP contribution in [0.15, 0.2) is 40.9 Å². The van der Waals surface area contributed by atoms with Gasteiger partial charge in [0, 0.05) is 32.3 Å². The summed E-state index contributed by atoms with van der Waals surface area (Å²) in [6.07, 6.45) is 0. The highest BCUT2D eigenvalue weighted by atomic mass is 16.5. The summed E-state index contributed by atoms with van der Waals surface area (Å²) in [5.74, 6) is -0.278. The third kappa shape index (κ3) is 4.59. The lowest BCUT2D eigenvalue weighted by Crippen LogP contribution is -2.66. The molecule has 1 amide bonds. The monoisotopic (exact) mass is 389 g/mol. The molecule has 1 saturated heterocycles. The van der Waals surface area contributed by atoms with Crippen LogP contribution in [0.2, 0.25) is 0 Å². The standard InChI is InChI=1S/C20H27N3O5/c1-15-10-27-14-20(13-24,23(15)9-16-6-4-3-5-7-16)12-21-19(25)18-8-17(11-26-2)22-28-18/h3-8,15,24H,9-14H2,1-2H3,(H,21,25)/t15-,20+/m1/s1. The van der Waals surface area contributed by atoms with E-state index in [0.717, 1.165) is 5.56 Å². The van der Waals surface area contributed by atoms with Crippen LogP contribution in [0, 0.1) is 0 Å². The lowest BCUT2D eigenvalue weighted by molar-refractivity contribution is -0.121. The minimum Gasteiger partial charge on any atom is -0.394 e. The Balaban J connectivity index is 1.72. The van der Waals surface area contributed by atoms with Crippen molar-refractivity contribution in [1.82, 2.24) is 15.4 Å². The number of aromatic nitrogens is 1. The van der Waals surface area contributed by atoms with Gasteiger partial charge in [0.1, 0.15) is 5.69 Å². The number of benzene rings is 1. The number of methoxy groups -OCH3 is 1. The quantitative estimate of drug-likeness (QED) is 0.700. The fourth-order valence-corrected chi connectivity index (χ4v) is 3.48. The molecule has 0 bridgehead atoms. The zero-order chi connectivity index (χ0) is 20.0. The van der Waals surface area contributed by atoms with Crippen molar-refractivity contribution in [1.29, 1.82) is 0 Å². The van der Waals surface area contributed by atoms with Gasteiger partial charge in [-0.05, 0) is 12.5 Å². The molecule has 1 aromatic heterocycles. The van der Waals surface area contributed by atoms with Crippen molar-refractivity contribution in [3.05, 3.63) is 53.4 Å². The molecule has 0 aliphatic carbocycles. The highest BCUT2D eigenvalue weighted by Crippen LogP contribution is 2.26. The van der Waals surface area contributed by atoms with Crippen LogP contribution >= 0.6 is 0 Å². The summed E-state index contributed by atoms with van der Waals surface area (Å²) in [7, 11) is 1.55. The zero-order valence-corrected chi connectivity index (χ0v) is 16.3. The summed E-state index contributed by atoms with van der Waals surface area (Å²) in [6.45, 7) is 3.96. The molecule has 28 heavy (non-hydrogen) atoms. The molecular formula is C20H27N3O5. The van der Waals surface area contributed by atoms with Gasteiger partial charge in [0.2, 0.25) is 5.76 Å². The Labute approximate surface area is 164 Å². The minimum absolute atomic E-state index is 0.0941. The van der Waals surface area contributed by atoms with E-state index >= 15 is 0 Å². The van der Waals surface area contributed by atoms with Gasteiger partial charge in [-0.1, -0.05) is 35.5 Å². The largest absolute Gasteiger partial charge is 0.394 e. The van der Waals surface area contributed by atoms with Crippen molar-refractivity contribution < 1.29 is 23.9 Å². The van der Waals surface area contributed by atoms with Gasteiger partial charge in [-0.3, -0.25) is 9.69 Å². The van der Waals surface area contributed by atoms with E-state index in [-0.39, 0.29) is 37.5 Å². The SMILES string of the molecule is COCc1cc(C(=O)NC[C@]2(CO)COC[C@@H](C)N2Cc2ccccc2)on1. The molecule has 0 radical (unpaired) electrons. The van der Waals surface area contributed by atoms with E-state index in [9.17, 15) is 9.90 Å². The molecule has 2 heterocycles. The number of morpholine rings is 1. The van der Waals surface area contributed by atoms with Gasteiger partial charge in [-0.25, -0.2) is 0 Å². The van der Waals surface area contributed by atoms with Crippen molar-refractivity contribution in [3.8, 4) is 0 Å². The lowest BCUT2D eigenvalue weighted by Gasteiger charge is -2.49. The van der Waals surface area contributed by atoms with Crippen LogP contribution in [-0.2, 0) is 22.6 Å². The van der Waals surface area contributed by atoms with Crippen molar-refractivity contribution in [2.75, 3.05) is 33.5 Å². The van der Waals surface area contributed by atoms with E-state index in [1.807, 2.05) is 18.2 Å². The second kappa shape index (κ2) is 9.29. The number of aliphatic hydroxyl groups is 1. The molecule has 1 fully saturated rings. The van der Waals surface area contributed by atoms with E-state index < -0.39 is 5.54 Å². The molecular weight excluding hydrogens is 362 g/mol. The third-order valence-electron chi connectivity index (χ3n) is 5.01. The summed E-state index contributed by atoms with van der Waals surface area (Å²) < 4.78 is 15.8. The summed E-state index contributed by atoms with van der Waals surface area (Å²) in [4.78, 5) is 14.7. The normalized spacial score (nSPS) is 22.9. The van der Waals surface area contributed by atoms with Crippen molar-refractivity contribution in [2.24, 2.45) is 0 Å². The average Bonchev–Trinajstić information content (AvgIpc) is 3.18.